The molecule has 0 spiro atoms. The van der Waals surface area contributed by atoms with Crippen LogP contribution in [0.4, 0.5) is 0 Å². The van der Waals surface area contributed by atoms with Crippen molar-refractivity contribution >= 4 is 52.8 Å². The van der Waals surface area contributed by atoms with Crippen LogP contribution in [0.5, 0.6) is 0 Å². The number of piperazine rings is 1. The molecule has 2 rings (SSSR count). The topological polar surface area (TPSA) is 97.0 Å². The van der Waals surface area contributed by atoms with Gasteiger partial charge in [0, 0.05) is 31.3 Å². The second-order valence-electron chi connectivity index (χ2n) is 6.07. The van der Waals surface area contributed by atoms with Crippen molar-refractivity contribution in [1.29, 1.82) is 0 Å². The number of hydrogen-bond acceptors (Lipinski definition) is 6. The molecule has 1 fully saturated rings. The first-order chi connectivity index (χ1) is 13.9. The molecule has 0 bridgehead atoms. The first-order valence-corrected chi connectivity index (χ1v) is 9.67. The Bertz CT molecular complexity index is 802. The van der Waals surface area contributed by atoms with Gasteiger partial charge in [-0.05, 0) is 29.9 Å². The van der Waals surface area contributed by atoms with Gasteiger partial charge in [0.1, 0.15) is 12.6 Å². The van der Waals surface area contributed by atoms with Crippen molar-refractivity contribution in [2.75, 3.05) is 33.4 Å². The normalized spacial score (nSPS) is 16.4. The molecule has 1 atom stereocenters. The molecule has 1 aromatic rings. The predicted molar refractivity (Wildman–Crippen MR) is 112 cm³/mol. The maximum Gasteiger partial charge on any atom is 0.308 e. The Morgan fingerprint density at radius 2 is 2.14 bits per heavy atom. The van der Waals surface area contributed by atoms with Crippen LogP contribution in [0.1, 0.15) is 12.0 Å². The van der Waals surface area contributed by atoms with Gasteiger partial charge < -0.3 is 19.7 Å². The van der Waals surface area contributed by atoms with Crippen molar-refractivity contribution in [3.8, 4) is 0 Å². The molecule has 1 aliphatic heterocycles. The average molecular weight is 440 g/mol. The highest BCUT2D eigenvalue weighted by molar-refractivity contribution is 7.80. The third-order valence-corrected chi connectivity index (χ3v) is 4.73. The summed E-state index contributed by atoms with van der Waals surface area (Å²) < 4.78 is 9.84. The van der Waals surface area contributed by atoms with Crippen LogP contribution in [-0.2, 0) is 23.9 Å². The van der Waals surface area contributed by atoms with E-state index in [0.29, 0.717) is 23.7 Å². The monoisotopic (exact) mass is 439 g/mol. The van der Waals surface area contributed by atoms with Gasteiger partial charge in [-0.3, -0.25) is 19.7 Å². The van der Waals surface area contributed by atoms with Gasteiger partial charge in [-0.25, -0.2) is 0 Å². The Morgan fingerprint density at radius 1 is 1.38 bits per heavy atom. The summed E-state index contributed by atoms with van der Waals surface area (Å²) in [6.45, 7) is 1.06. The number of rotatable bonds is 7. The minimum absolute atomic E-state index is 0.0587. The van der Waals surface area contributed by atoms with Crippen LogP contribution in [0.25, 0.3) is 6.08 Å². The molecule has 1 aromatic carbocycles. The highest BCUT2D eigenvalue weighted by Gasteiger charge is 2.34. The Morgan fingerprint density at radius 3 is 2.86 bits per heavy atom. The molecular weight excluding hydrogens is 418 g/mol. The molecule has 10 heteroatoms. The number of ether oxygens (including phenoxy) is 2. The number of carbonyl (C=O) groups is 3. The van der Waals surface area contributed by atoms with Gasteiger partial charge in [0.25, 0.3) is 0 Å². The Hall–Kier alpha value is -2.49. The number of amides is 2. The minimum Gasteiger partial charge on any atom is -0.463 e. The third kappa shape index (κ3) is 7.12. The summed E-state index contributed by atoms with van der Waals surface area (Å²) in [5.41, 5.74) is 0.685. The summed E-state index contributed by atoms with van der Waals surface area (Å²) in [6.07, 6.45) is 2.67. The van der Waals surface area contributed by atoms with Crippen LogP contribution in [0, 0.1) is 0 Å². The number of nitrogens with zero attached hydrogens (tertiary/aromatic N) is 1. The van der Waals surface area contributed by atoms with Gasteiger partial charge in [0.2, 0.25) is 11.8 Å². The van der Waals surface area contributed by atoms with Crippen molar-refractivity contribution in [1.82, 2.24) is 15.5 Å². The van der Waals surface area contributed by atoms with Crippen molar-refractivity contribution in [3.63, 3.8) is 0 Å². The summed E-state index contributed by atoms with van der Waals surface area (Å²) >= 11 is 11.3. The number of carbonyl (C=O) groups excluding carboxylic acids is 3. The number of esters is 1. The third-order valence-electron chi connectivity index (χ3n) is 4.05. The predicted octanol–water partition coefficient (Wildman–Crippen LogP) is 1.13. The first-order valence-electron chi connectivity index (χ1n) is 8.89. The van der Waals surface area contributed by atoms with Gasteiger partial charge in [0.05, 0.1) is 13.0 Å². The first kappa shape index (κ1) is 22.8. The summed E-state index contributed by atoms with van der Waals surface area (Å²) in [5.74, 6) is -1.38. The van der Waals surface area contributed by atoms with Crippen molar-refractivity contribution < 1.29 is 23.9 Å². The van der Waals surface area contributed by atoms with E-state index in [0.717, 1.165) is 0 Å². The van der Waals surface area contributed by atoms with Gasteiger partial charge >= 0.3 is 5.97 Å². The average Bonchev–Trinajstić information content (AvgIpc) is 2.69. The molecule has 1 aliphatic rings. The Balaban J connectivity index is 1.97. The molecule has 156 valence electrons. The standard InChI is InChI=1S/C19H22ClN3O5S/c1-27-10-11-28-17(25)12-15-18(26)21-8-9-23(15)19(29)22-16(24)7-6-13-4-2-3-5-14(13)20/h2-7,15H,8-12H2,1H3,(H,21,26)(H,22,24,29). The molecule has 29 heavy (non-hydrogen) atoms. The number of halogens is 1. The number of benzene rings is 1. The van der Waals surface area contributed by atoms with E-state index < -0.39 is 17.9 Å². The second kappa shape index (κ2) is 11.5. The van der Waals surface area contributed by atoms with Gasteiger partial charge in [-0.1, -0.05) is 29.8 Å². The van der Waals surface area contributed by atoms with E-state index in [2.05, 4.69) is 10.6 Å². The zero-order chi connectivity index (χ0) is 21.2. The summed E-state index contributed by atoms with van der Waals surface area (Å²) in [5, 5.41) is 5.81. The van der Waals surface area contributed by atoms with Gasteiger partial charge in [0.15, 0.2) is 5.11 Å². The van der Waals surface area contributed by atoms with Crippen molar-refractivity contribution in [2.24, 2.45) is 0 Å². The molecule has 1 saturated heterocycles. The van der Waals surface area contributed by atoms with Crippen LogP contribution < -0.4 is 10.6 Å². The van der Waals surface area contributed by atoms with Crippen LogP contribution in [0.2, 0.25) is 5.02 Å². The van der Waals surface area contributed by atoms with E-state index in [9.17, 15) is 14.4 Å². The molecular formula is C19H22ClN3O5S. The molecule has 2 amide bonds. The van der Waals surface area contributed by atoms with E-state index >= 15 is 0 Å². The number of thiocarbonyl (C=S) groups is 1. The molecule has 2 N–H and O–H groups in total. The van der Waals surface area contributed by atoms with Crippen LogP contribution in [0.15, 0.2) is 30.3 Å². The SMILES string of the molecule is COCCOC(=O)CC1C(=O)NCCN1C(=S)NC(=O)C=Cc1ccccc1Cl. The molecule has 0 saturated carbocycles. The van der Waals surface area contributed by atoms with E-state index in [1.165, 1.54) is 18.1 Å². The Labute approximate surface area is 179 Å². The fourth-order valence-electron chi connectivity index (χ4n) is 2.61. The summed E-state index contributed by atoms with van der Waals surface area (Å²) in [4.78, 5) is 37.9. The van der Waals surface area contributed by atoms with Crippen molar-refractivity contribution in [3.05, 3.63) is 40.9 Å². The van der Waals surface area contributed by atoms with Crippen LogP contribution in [0.3, 0.4) is 0 Å². The van der Waals surface area contributed by atoms with E-state index in [1.54, 1.807) is 30.3 Å². The second-order valence-corrected chi connectivity index (χ2v) is 6.86. The van der Waals surface area contributed by atoms with Crippen molar-refractivity contribution in [2.45, 2.75) is 12.5 Å². The van der Waals surface area contributed by atoms with E-state index in [-0.39, 0.29) is 30.7 Å². The maximum atomic E-state index is 12.2. The maximum absolute atomic E-state index is 12.2. The molecule has 8 nitrogen and oxygen atoms in total. The lowest BCUT2D eigenvalue weighted by Crippen LogP contribution is -2.60. The quantitative estimate of drug-likeness (QED) is 0.284. The van der Waals surface area contributed by atoms with E-state index in [1.807, 2.05) is 0 Å². The number of nitrogens with one attached hydrogen (secondary N) is 2. The molecule has 0 aromatic heterocycles. The molecule has 1 unspecified atom stereocenters. The lowest BCUT2D eigenvalue weighted by atomic mass is 10.1. The smallest absolute Gasteiger partial charge is 0.308 e. The lowest BCUT2D eigenvalue weighted by Gasteiger charge is -2.36. The van der Waals surface area contributed by atoms with Crippen LogP contribution in [-0.4, -0.2) is 67.3 Å². The van der Waals surface area contributed by atoms with E-state index in [4.69, 9.17) is 33.3 Å². The minimum atomic E-state index is -0.862. The van der Waals surface area contributed by atoms with Gasteiger partial charge in [-0.15, -0.1) is 0 Å². The highest BCUT2D eigenvalue weighted by Crippen LogP contribution is 2.16. The largest absolute Gasteiger partial charge is 0.463 e. The Kier molecular flexibility index (Phi) is 9.04. The van der Waals surface area contributed by atoms with Crippen LogP contribution >= 0.6 is 23.8 Å². The zero-order valence-corrected chi connectivity index (χ0v) is 17.4. The summed E-state index contributed by atoms with van der Waals surface area (Å²) in [7, 11) is 1.49. The summed E-state index contributed by atoms with van der Waals surface area (Å²) in [6, 6.07) is 6.21. The van der Waals surface area contributed by atoms with Gasteiger partial charge in [-0.2, -0.15) is 0 Å². The number of hydrogen-bond donors (Lipinski definition) is 2. The lowest BCUT2D eigenvalue weighted by molar-refractivity contribution is -0.148. The zero-order valence-electron chi connectivity index (χ0n) is 15.9. The molecule has 0 aliphatic carbocycles. The highest BCUT2D eigenvalue weighted by atomic mass is 35.5. The molecule has 0 radical (unpaired) electrons. The molecule has 1 heterocycles. The fourth-order valence-corrected chi connectivity index (χ4v) is 3.13. The number of methoxy groups -OCH3 is 1. The fraction of sp³-hybridized carbons (Fsp3) is 0.368.